The lowest BCUT2D eigenvalue weighted by atomic mass is 10.1. The van der Waals surface area contributed by atoms with Gasteiger partial charge in [-0.25, -0.2) is 23.4 Å². The summed E-state index contributed by atoms with van der Waals surface area (Å²) in [6.45, 7) is 5.09. The lowest BCUT2D eigenvalue weighted by molar-refractivity contribution is 0.245. The van der Waals surface area contributed by atoms with Crippen molar-refractivity contribution in [1.82, 2.24) is 19.9 Å². The molecule has 2 aromatic heterocycles. The topological polar surface area (TPSA) is 88.4 Å². The van der Waals surface area contributed by atoms with Crippen LogP contribution < -0.4 is 0 Å². The van der Waals surface area contributed by atoms with Crippen LogP contribution in [0, 0.1) is 6.92 Å². The summed E-state index contributed by atoms with van der Waals surface area (Å²) in [5.74, 6) is 0.783. The van der Waals surface area contributed by atoms with Crippen molar-refractivity contribution in [1.29, 1.82) is 0 Å². The maximum absolute atomic E-state index is 12.9. The molecule has 9 heteroatoms. The van der Waals surface area contributed by atoms with Gasteiger partial charge < -0.3 is 0 Å². The molecule has 0 amide bonds. The Hall–Kier alpha value is -2.49. The molecule has 0 unspecified atom stereocenters. The third-order valence-corrected chi connectivity index (χ3v) is 9.01. The second-order valence-electron chi connectivity index (χ2n) is 8.32. The Morgan fingerprint density at radius 3 is 2.69 bits per heavy atom. The molecular formula is C23H25N5O2S2. The Labute approximate surface area is 192 Å². The molecule has 2 aliphatic heterocycles. The third-order valence-electron chi connectivity index (χ3n) is 5.87. The van der Waals surface area contributed by atoms with Crippen LogP contribution in [0.4, 0.5) is 0 Å². The smallest absolute Gasteiger partial charge is 0.233 e. The minimum absolute atomic E-state index is 0.148. The number of aliphatic imine (C=N–C) groups is 1. The van der Waals surface area contributed by atoms with Crippen molar-refractivity contribution >= 4 is 26.9 Å². The van der Waals surface area contributed by atoms with Crippen LogP contribution >= 0.6 is 11.3 Å². The largest absolute Gasteiger partial charge is 0.293 e. The molecule has 0 aliphatic carbocycles. The van der Waals surface area contributed by atoms with E-state index in [0.29, 0.717) is 6.54 Å². The van der Waals surface area contributed by atoms with Crippen molar-refractivity contribution < 1.29 is 8.42 Å². The monoisotopic (exact) mass is 467 g/mol. The SMILES string of the molecule is Cc1ccc(S(=O)(=O)c2ncc(CN3CCc4nc(C5=NCCCC5)ncc4C3)s2)cc1. The minimum atomic E-state index is -3.58. The number of sulfone groups is 1. The normalized spacial score (nSPS) is 17.1. The van der Waals surface area contributed by atoms with Gasteiger partial charge in [0.05, 0.1) is 16.3 Å². The van der Waals surface area contributed by atoms with E-state index in [0.717, 1.165) is 78.6 Å². The first-order chi connectivity index (χ1) is 15.5. The first-order valence-corrected chi connectivity index (χ1v) is 13.2. The molecule has 0 saturated heterocycles. The van der Waals surface area contributed by atoms with Gasteiger partial charge in [-0.05, 0) is 38.3 Å². The molecule has 3 aromatic rings. The standard InChI is InChI=1S/C23H25N5O2S2/c1-16-5-7-19(8-6-16)32(29,30)23-26-13-18(31-23)15-28-11-9-20-17(14-28)12-25-22(27-20)21-4-2-3-10-24-21/h5-8,12-13H,2-4,9-11,14-15H2,1H3. The summed E-state index contributed by atoms with van der Waals surface area (Å²) in [5, 5.41) is 0. The number of hydrogen-bond acceptors (Lipinski definition) is 8. The van der Waals surface area contributed by atoms with E-state index in [9.17, 15) is 8.42 Å². The zero-order valence-electron chi connectivity index (χ0n) is 18.0. The van der Waals surface area contributed by atoms with Gasteiger partial charge in [0.1, 0.15) is 0 Å². The van der Waals surface area contributed by atoms with Crippen LogP contribution in [0.15, 0.2) is 50.9 Å². The number of aryl methyl sites for hydroxylation is 1. The van der Waals surface area contributed by atoms with Gasteiger partial charge in [0.15, 0.2) is 5.82 Å². The maximum Gasteiger partial charge on any atom is 0.233 e. The molecule has 5 rings (SSSR count). The van der Waals surface area contributed by atoms with Crippen molar-refractivity contribution in [3.8, 4) is 0 Å². The predicted molar refractivity (Wildman–Crippen MR) is 124 cm³/mol. The Morgan fingerprint density at radius 1 is 1.06 bits per heavy atom. The van der Waals surface area contributed by atoms with Gasteiger partial charge in [-0.15, -0.1) is 11.3 Å². The van der Waals surface area contributed by atoms with E-state index in [1.54, 1.807) is 30.5 Å². The van der Waals surface area contributed by atoms with Gasteiger partial charge in [0.25, 0.3) is 0 Å². The van der Waals surface area contributed by atoms with Crippen molar-refractivity contribution in [2.75, 3.05) is 13.1 Å². The lowest BCUT2D eigenvalue weighted by Gasteiger charge is -2.27. The van der Waals surface area contributed by atoms with E-state index >= 15 is 0 Å². The van der Waals surface area contributed by atoms with E-state index in [1.165, 1.54) is 11.3 Å². The van der Waals surface area contributed by atoms with Gasteiger partial charge in [-0.2, -0.15) is 0 Å². The van der Waals surface area contributed by atoms with Crippen LogP contribution in [0.5, 0.6) is 0 Å². The fourth-order valence-corrected chi connectivity index (χ4v) is 6.67. The number of nitrogens with zero attached hydrogens (tertiary/aromatic N) is 5. The molecule has 7 nitrogen and oxygen atoms in total. The summed E-state index contributed by atoms with van der Waals surface area (Å²) in [5.41, 5.74) is 4.30. The Balaban J connectivity index is 1.28. The van der Waals surface area contributed by atoms with Crippen molar-refractivity contribution in [3.63, 3.8) is 0 Å². The zero-order valence-corrected chi connectivity index (χ0v) is 19.6. The number of benzene rings is 1. The lowest BCUT2D eigenvalue weighted by Crippen LogP contribution is -2.31. The van der Waals surface area contributed by atoms with Gasteiger partial charge in [-0.3, -0.25) is 9.89 Å². The Bertz CT molecular complexity index is 1270. The second-order valence-corrected chi connectivity index (χ2v) is 11.6. The summed E-state index contributed by atoms with van der Waals surface area (Å²) in [4.78, 5) is 21.7. The molecule has 0 fully saturated rings. The fraction of sp³-hybridized carbons (Fsp3) is 0.391. The van der Waals surface area contributed by atoms with Crippen LogP contribution in [0.1, 0.15) is 46.8 Å². The summed E-state index contributed by atoms with van der Waals surface area (Å²) in [7, 11) is -3.58. The number of thiazole rings is 1. The van der Waals surface area contributed by atoms with E-state index in [2.05, 4.69) is 19.9 Å². The average molecular weight is 468 g/mol. The molecule has 2 aliphatic rings. The molecule has 0 spiro atoms. The predicted octanol–water partition coefficient (Wildman–Crippen LogP) is 3.61. The van der Waals surface area contributed by atoms with E-state index in [1.807, 2.05) is 13.1 Å². The summed E-state index contributed by atoms with van der Waals surface area (Å²) < 4.78 is 25.9. The van der Waals surface area contributed by atoms with Crippen molar-refractivity contribution in [2.45, 2.75) is 54.9 Å². The molecular weight excluding hydrogens is 442 g/mol. The zero-order chi connectivity index (χ0) is 22.1. The first kappa shape index (κ1) is 21.4. The van der Waals surface area contributed by atoms with Gasteiger partial charge >= 0.3 is 0 Å². The molecule has 1 aromatic carbocycles. The molecule has 0 atom stereocenters. The fourth-order valence-electron chi connectivity index (χ4n) is 4.05. The molecule has 0 bridgehead atoms. The highest BCUT2D eigenvalue weighted by atomic mass is 32.2. The quantitative estimate of drug-likeness (QED) is 0.570. The van der Waals surface area contributed by atoms with E-state index in [-0.39, 0.29) is 9.24 Å². The Morgan fingerprint density at radius 2 is 1.91 bits per heavy atom. The number of fused-ring (bicyclic) bond motifs is 1. The second kappa shape index (κ2) is 8.80. The van der Waals surface area contributed by atoms with E-state index in [4.69, 9.17) is 4.98 Å². The molecule has 0 N–H and O–H groups in total. The van der Waals surface area contributed by atoms with Crippen LogP contribution in [0.25, 0.3) is 0 Å². The first-order valence-electron chi connectivity index (χ1n) is 10.9. The summed E-state index contributed by atoms with van der Waals surface area (Å²) >= 11 is 1.25. The van der Waals surface area contributed by atoms with Crippen LogP contribution in [0.3, 0.4) is 0 Å². The van der Waals surface area contributed by atoms with Gasteiger partial charge in [0.2, 0.25) is 14.2 Å². The highest BCUT2D eigenvalue weighted by Crippen LogP contribution is 2.27. The highest BCUT2D eigenvalue weighted by Gasteiger charge is 2.24. The van der Waals surface area contributed by atoms with Crippen LogP contribution in [-0.2, 0) is 29.3 Å². The van der Waals surface area contributed by atoms with Crippen LogP contribution in [-0.4, -0.2) is 47.1 Å². The highest BCUT2D eigenvalue weighted by molar-refractivity contribution is 7.93. The summed E-state index contributed by atoms with van der Waals surface area (Å²) in [6.07, 6.45) is 7.73. The minimum Gasteiger partial charge on any atom is -0.293 e. The summed E-state index contributed by atoms with van der Waals surface area (Å²) in [6, 6.07) is 6.89. The number of aromatic nitrogens is 3. The van der Waals surface area contributed by atoms with Crippen molar-refractivity contribution in [3.05, 3.63) is 64.2 Å². The van der Waals surface area contributed by atoms with E-state index < -0.39 is 9.84 Å². The molecule has 0 saturated carbocycles. The maximum atomic E-state index is 12.9. The van der Waals surface area contributed by atoms with Crippen molar-refractivity contribution in [2.24, 2.45) is 4.99 Å². The number of rotatable bonds is 5. The molecule has 4 heterocycles. The molecule has 166 valence electrons. The molecule has 0 radical (unpaired) electrons. The van der Waals surface area contributed by atoms with Gasteiger partial charge in [-0.1, -0.05) is 17.7 Å². The van der Waals surface area contributed by atoms with Crippen LogP contribution in [0.2, 0.25) is 0 Å². The van der Waals surface area contributed by atoms with Gasteiger partial charge in [0, 0.05) is 55.4 Å². The number of hydrogen-bond donors (Lipinski definition) is 0. The average Bonchev–Trinajstić information content (AvgIpc) is 3.29. The Kier molecular flexibility index (Phi) is 5.88. The third kappa shape index (κ3) is 4.37. The molecule has 32 heavy (non-hydrogen) atoms.